The average Bonchev–Trinajstić information content (AvgIpc) is 2.49. The largest absolute Gasteiger partial charge is 0.573 e. The van der Waals surface area contributed by atoms with E-state index in [2.05, 4.69) is 4.74 Å². The van der Waals surface area contributed by atoms with E-state index in [-0.39, 0.29) is 12.4 Å². The van der Waals surface area contributed by atoms with E-state index in [1.165, 1.54) is 24.3 Å². The number of halogens is 3. The number of aliphatic hydroxyl groups excluding tert-OH is 1. The van der Waals surface area contributed by atoms with Crippen molar-refractivity contribution < 1.29 is 32.5 Å². The van der Waals surface area contributed by atoms with Crippen LogP contribution in [0.25, 0.3) is 0 Å². The normalized spacial score (nSPS) is 12.7. The van der Waals surface area contributed by atoms with E-state index in [1.807, 2.05) is 0 Å². The summed E-state index contributed by atoms with van der Waals surface area (Å²) < 4.78 is 50.9. The molecular formula is C17H17F3O4. The minimum atomic E-state index is -4.71. The molecule has 1 N–H and O–H groups in total. The Hall–Kier alpha value is -2.25. The van der Waals surface area contributed by atoms with Gasteiger partial charge in [0, 0.05) is 0 Å². The molecule has 0 aliphatic carbocycles. The molecule has 2 aromatic carbocycles. The summed E-state index contributed by atoms with van der Waals surface area (Å²) in [4.78, 5) is 0. The molecular weight excluding hydrogens is 325 g/mol. The van der Waals surface area contributed by atoms with Crippen molar-refractivity contribution in [1.82, 2.24) is 0 Å². The zero-order chi connectivity index (χ0) is 17.6. The van der Waals surface area contributed by atoms with Crippen LogP contribution in [0.4, 0.5) is 13.2 Å². The van der Waals surface area contributed by atoms with Gasteiger partial charge in [-0.3, -0.25) is 0 Å². The molecule has 0 aliphatic rings. The summed E-state index contributed by atoms with van der Waals surface area (Å²) in [6.45, 7) is 2.27. The van der Waals surface area contributed by atoms with Crippen molar-refractivity contribution in [3.8, 4) is 17.2 Å². The minimum absolute atomic E-state index is 0.255. The number of hydrogen-bond acceptors (Lipinski definition) is 4. The second-order valence-electron chi connectivity index (χ2n) is 5.13. The van der Waals surface area contributed by atoms with Gasteiger partial charge in [0.05, 0.1) is 19.3 Å². The number of rotatable bonds is 7. The molecule has 2 rings (SSSR count). The van der Waals surface area contributed by atoms with Crippen molar-refractivity contribution >= 4 is 0 Å². The number of benzene rings is 2. The number of alkyl halides is 3. The Morgan fingerprint density at radius 1 is 0.917 bits per heavy atom. The number of aliphatic hydroxyl groups is 1. The van der Waals surface area contributed by atoms with E-state index in [4.69, 9.17) is 14.6 Å². The third-order valence-electron chi connectivity index (χ3n) is 2.84. The van der Waals surface area contributed by atoms with Crippen molar-refractivity contribution in [2.75, 3.05) is 6.61 Å². The van der Waals surface area contributed by atoms with Crippen LogP contribution in [-0.2, 0) is 11.3 Å². The highest BCUT2D eigenvalue weighted by atomic mass is 19.4. The first-order chi connectivity index (χ1) is 11.3. The molecule has 0 heterocycles. The van der Waals surface area contributed by atoms with Crippen LogP contribution >= 0.6 is 0 Å². The third-order valence-corrected chi connectivity index (χ3v) is 2.84. The fourth-order valence-corrected chi connectivity index (χ4v) is 1.85. The molecule has 0 amide bonds. The van der Waals surface area contributed by atoms with Crippen molar-refractivity contribution in [1.29, 1.82) is 0 Å². The Labute approximate surface area is 137 Å². The Morgan fingerprint density at radius 2 is 1.42 bits per heavy atom. The minimum Gasteiger partial charge on any atom is -0.457 e. The molecule has 0 aliphatic heterocycles. The van der Waals surface area contributed by atoms with Crippen molar-refractivity contribution in [2.24, 2.45) is 0 Å². The maximum absolute atomic E-state index is 12.1. The second kappa shape index (κ2) is 8.03. The molecule has 0 spiro atoms. The highest BCUT2D eigenvalue weighted by Crippen LogP contribution is 2.27. The summed E-state index contributed by atoms with van der Waals surface area (Å²) >= 11 is 0. The highest BCUT2D eigenvalue weighted by Gasteiger charge is 2.30. The Balaban J connectivity index is 1.89. The second-order valence-corrected chi connectivity index (χ2v) is 5.13. The van der Waals surface area contributed by atoms with Crippen LogP contribution in [0.15, 0.2) is 48.5 Å². The van der Waals surface area contributed by atoms with Crippen LogP contribution in [0, 0.1) is 0 Å². The van der Waals surface area contributed by atoms with Gasteiger partial charge in [-0.25, -0.2) is 0 Å². The van der Waals surface area contributed by atoms with Crippen LogP contribution in [0.5, 0.6) is 17.2 Å². The van der Waals surface area contributed by atoms with Gasteiger partial charge < -0.3 is 19.3 Å². The molecule has 130 valence electrons. The van der Waals surface area contributed by atoms with Crippen LogP contribution in [-0.4, -0.2) is 24.2 Å². The van der Waals surface area contributed by atoms with Gasteiger partial charge in [-0.15, -0.1) is 13.2 Å². The lowest BCUT2D eigenvalue weighted by molar-refractivity contribution is -0.274. The summed E-state index contributed by atoms with van der Waals surface area (Å²) in [7, 11) is 0. The first-order valence-corrected chi connectivity index (χ1v) is 7.20. The summed E-state index contributed by atoms with van der Waals surface area (Å²) in [5.74, 6) is 0.627. The standard InChI is InChI=1S/C17H17F3O4/c1-12(21)10-22-11-13-2-4-14(5-3-13)23-15-6-8-16(9-7-15)24-17(18,19)20/h2-9,12,21H,10-11H2,1H3. The Morgan fingerprint density at radius 3 is 1.92 bits per heavy atom. The molecule has 0 bridgehead atoms. The van der Waals surface area contributed by atoms with Gasteiger partial charge in [-0.05, 0) is 48.9 Å². The Bertz CT molecular complexity index is 622. The van der Waals surface area contributed by atoms with Crippen molar-refractivity contribution in [3.05, 3.63) is 54.1 Å². The molecule has 4 nitrogen and oxygen atoms in total. The lowest BCUT2D eigenvalue weighted by Crippen LogP contribution is -2.16. The van der Waals surface area contributed by atoms with E-state index in [0.29, 0.717) is 18.1 Å². The maximum Gasteiger partial charge on any atom is 0.573 e. The highest BCUT2D eigenvalue weighted by molar-refractivity contribution is 5.36. The molecule has 0 radical (unpaired) electrons. The predicted molar refractivity (Wildman–Crippen MR) is 81.0 cm³/mol. The van der Waals surface area contributed by atoms with Gasteiger partial charge in [0.2, 0.25) is 0 Å². The zero-order valence-electron chi connectivity index (χ0n) is 12.9. The fourth-order valence-electron chi connectivity index (χ4n) is 1.85. The zero-order valence-corrected chi connectivity index (χ0v) is 12.9. The van der Waals surface area contributed by atoms with Gasteiger partial charge in [0.25, 0.3) is 0 Å². The first kappa shape index (κ1) is 18.1. The molecule has 24 heavy (non-hydrogen) atoms. The van der Waals surface area contributed by atoms with E-state index < -0.39 is 12.5 Å². The quantitative estimate of drug-likeness (QED) is 0.816. The van der Waals surface area contributed by atoms with Gasteiger partial charge in [-0.1, -0.05) is 12.1 Å². The number of hydrogen-bond donors (Lipinski definition) is 1. The molecule has 1 atom stereocenters. The molecule has 1 unspecified atom stereocenters. The lowest BCUT2D eigenvalue weighted by Gasteiger charge is -2.10. The summed E-state index contributed by atoms with van der Waals surface area (Å²) in [6, 6.07) is 12.2. The summed E-state index contributed by atoms with van der Waals surface area (Å²) in [6.07, 6.45) is -5.23. The predicted octanol–water partition coefficient (Wildman–Crippen LogP) is 4.27. The van der Waals surface area contributed by atoms with Gasteiger partial charge in [0.15, 0.2) is 0 Å². The van der Waals surface area contributed by atoms with E-state index in [0.717, 1.165) is 5.56 Å². The summed E-state index contributed by atoms with van der Waals surface area (Å²) in [5, 5.41) is 9.10. The molecule has 0 saturated heterocycles. The number of ether oxygens (including phenoxy) is 3. The lowest BCUT2D eigenvalue weighted by atomic mass is 10.2. The van der Waals surface area contributed by atoms with Crippen LogP contribution in [0.2, 0.25) is 0 Å². The van der Waals surface area contributed by atoms with Gasteiger partial charge in [-0.2, -0.15) is 0 Å². The molecule has 7 heteroatoms. The smallest absolute Gasteiger partial charge is 0.457 e. The third kappa shape index (κ3) is 6.47. The van der Waals surface area contributed by atoms with Gasteiger partial charge >= 0.3 is 6.36 Å². The van der Waals surface area contributed by atoms with E-state index in [1.54, 1.807) is 31.2 Å². The van der Waals surface area contributed by atoms with E-state index >= 15 is 0 Å². The van der Waals surface area contributed by atoms with Gasteiger partial charge in [0.1, 0.15) is 17.2 Å². The molecule has 0 fully saturated rings. The van der Waals surface area contributed by atoms with Crippen molar-refractivity contribution in [2.45, 2.75) is 26.0 Å². The molecule has 0 aromatic heterocycles. The van der Waals surface area contributed by atoms with Crippen LogP contribution < -0.4 is 9.47 Å². The topological polar surface area (TPSA) is 47.9 Å². The van der Waals surface area contributed by atoms with Crippen LogP contribution in [0.1, 0.15) is 12.5 Å². The molecule has 0 saturated carbocycles. The SMILES string of the molecule is CC(O)COCc1ccc(Oc2ccc(OC(F)(F)F)cc2)cc1. The van der Waals surface area contributed by atoms with Crippen LogP contribution in [0.3, 0.4) is 0 Å². The molecule has 2 aromatic rings. The maximum atomic E-state index is 12.1. The fraction of sp³-hybridized carbons (Fsp3) is 0.294. The monoisotopic (exact) mass is 342 g/mol. The van der Waals surface area contributed by atoms with E-state index in [9.17, 15) is 13.2 Å². The van der Waals surface area contributed by atoms with Crippen molar-refractivity contribution in [3.63, 3.8) is 0 Å². The first-order valence-electron chi connectivity index (χ1n) is 7.20. The summed E-state index contributed by atoms with van der Waals surface area (Å²) in [5.41, 5.74) is 0.914. The Kier molecular flexibility index (Phi) is 6.05. The average molecular weight is 342 g/mol.